The van der Waals surface area contributed by atoms with Crippen LogP contribution >= 0.6 is 0 Å². The molecule has 1 atom stereocenters. The number of aryl methyl sites for hydroxylation is 2. The van der Waals surface area contributed by atoms with Crippen molar-refractivity contribution in [1.29, 1.82) is 0 Å². The first kappa shape index (κ1) is 34.3. The summed E-state index contributed by atoms with van der Waals surface area (Å²) >= 11 is 0. The van der Waals surface area contributed by atoms with Crippen LogP contribution < -0.4 is 9.62 Å². The number of amides is 1. The molecule has 8 nitrogen and oxygen atoms in total. The molecule has 1 saturated heterocycles. The molecular formula is C30H39F4N3O5S. The van der Waals surface area contributed by atoms with Gasteiger partial charge in [-0.15, -0.1) is 0 Å². The molecule has 13 heteroatoms. The van der Waals surface area contributed by atoms with E-state index in [1.54, 1.807) is 32.4 Å². The Labute approximate surface area is 250 Å². The fourth-order valence-corrected chi connectivity index (χ4v) is 5.63. The van der Waals surface area contributed by atoms with E-state index in [9.17, 15) is 35.6 Å². The van der Waals surface area contributed by atoms with Gasteiger partial charge in [0, 0.05) is 25.4 Å². The third-order valence-electron chi connectivity index (χ3n) is 7.31. The number of nitrogens with zero attached hydrogens (tertiary/aromatic N) is 2. The highest BCUT2D eigenvalue weighted by Gasteiger charge is 2.34. The van der Waals surface area contributed by atoms with E-state index in [0.29, 0.717) is 30.1 Å². The lowest BCUT2D eigenvalue weighted by molar-refractivity contribution is -0.141. The number of alkyl halides is 3. The standard InChI is InChI=1S/C30H39F4N3O5S/c1-19-12-15-37(16-13-19)27-22(9-11-26(35-27)30(32,33)34)8-10-25(38)20(2)23-7-6-21(24(31)18-23)14-17-43(40,41)36-28(39)42-29(3,4)5/h6-7,9,11,18-20H,8,10,12-17H2,1-5H3,(H,36,39). The van der Waals surface area contributed by atoms with Gasteiger partial charge in [0.1, 0.15) is 28.7 Å². The third kappa shape index (κ3) is 10.2. The maximum absolute atomic E-state index is 14.9. The van der Waals surface area contributed by atoms with Crippen LogP contribution in [0.2, 0.25) is 0 Å². The monoisotopic (exact) mass is 629 g/mol. The lowest BCUT2D eigenvalue weighted by Gasteiger charge is -2.33. The molecule has 1 fully saturated rings. The molecule has 2 heterocycles. The summed E-state index contributed by atoms with van der Waals surface area (Å²) in [6, 6.07) is 6.41. The van der Waals surface area contributed by atoms with Crippen LogP contribution in [0.4, 0.5) is 28.2 Å². The first-order valence-electron chi connectivity index (χ1n) is 14.2. The Kier molecular flexibility index (Phi) is 10.8. The van der Waals surface area contributed by atoms with Crippen LogP contribution in [-0.2, 0) is 38.6 Å². The van der Waals surface area contributed by atoms with Crippen molar-refractivity contribution in [2.24, 2.45) is 5.92 Å². The highest BCUT2D eigenvalue weighted by molar-refractivity contribution is 7.90. The predicted molar refractivity (Wildman–Crippen MR) is 155 cm³/mol. The maximum Gasteiger partial charge on any atom is 0.433 e. The molecule has 1 aliphatic rings. The normalized spacial score (nSPS) is 15.7. The van der Waals surface area contributed by atoms with Crippen LogP contribution in [0.3, 0.4) is 0 Å². The van der Waals surface area contributed by atoms with E-state index in [4.69, 9.17) is 4.74 Å². The van der Waals surface area contributed by atoms with E-state index in [-0.39, 0.29) is 36.4 Å². The van der Waals surface area contributed by atoms with Gasteiger partial charge in [-0.2, -0.15) is 13.2 Å². The Balaban J connectivity index is 1.65. The molecule has 238 valence electrons. The number of rotatable bonds is 10. The summed E-state index contributed by atoms with van der Waals surface area (Å²) < 4.78 is 86.2. The van der Waals surface area contributed by atoms with Crippen LogP contribution in [-0.4, -0.2) is 49.7 Å². The van der Waals surface area contributed by atoms with E-state index in [2.05, 4.69) is 11.9 Å². The molecule has 0 radical (unpaired) electrons. The summed E-state index contributed by atoms with van der Waals surface area (Å²) in [7, 11) is -4.08. The van der Waals surface area contributed by atoms with Gasteiger partial charge in [-0.1, -0.05) is 32.0 Å². The van der Waals surface area contributed by atoms with Crippen LogP contribution in [0.5, 0.6) is 0 Å². The number of hydrogen-bond donors (Lipinski definition) is 1. The van der Waals surface area contributed by atoms with Crippen molar-refractivity contribution >= 4 is 27.7 Å². The average molecular weight is 630 g/mol. The number of benzene rings is 1. The van der Waals surface area contributed by atoms with Crippen LogP contribution in [0, 0.1) is 11.7 Å². The summed E-state index contributed by atoms with van der Waals surface area (Å²) in [6.45, 7) is 9.62. The number of aromatic nitrogens is 1. The molecule has 1 unspecified atom stereocenters. The zero-order valence-corrected chi connectivity index (χ0v) is 25.9. The van der Waals surface area contributed by atoms with E-state index in [1.165, 1.54) is 24.3 Å². The number of nitrogens with one attached hydrogen (secondary N) is 1. The summed E-state index contributed by atoms with van der Waals surface area (Å²) in [4.78, 5) is 30.6. The zero-order chi connectivity index (χ0) is 32.2. The fraction of sp³-hybridized carbons (Fsp3) is 0.567. The zero-order valence-electron chi connectivity index (χ0n) is 25.1. The number of halogens is 4. The fourth-order valence-electron chi connectivity index (χ4n) is 4.74. The quantitative estimate of drug-likeness (QED) is 0.313. The molecule has 1 N–H and O–H groups in total. The molecule has 1 aromatic carbocycles. The lowest BCUT2D eigenvalue weighted by atomic mass is 9.91. The predicted octanol–water partition coefficient (Wildman–Crippen LogP) is 6.18. The summed E-state index contributed by atoms with van der Waals surface area (Å²) in [5, 5.41) is 0. The van der Waals surface area contributed by atoms with E-state index in [0.717, 1.165) is 18.9 Å². The molecule has 3 rings (SSSR count). The smallest absolute Gasteiger partial charge is 0.433 e. The van der Waals surface area contributed by atoms with Crippen molar-refractivity contribution in [3.63, 3.8) is 0 Å². The van der Waals surface area contributed by atoms with Gasteiger partial charge >= 0.3 is 12.3 Å². The van der Waals surface area contributed by atoms with Gasteiger partial charge in [-0.25, -0.2) is 27.3 Å². The molecule has 0 spiro atoms. The summed E-state index contributed by atoms with van der Waals surface area (Å²) in [5.41, 5.74) is -0.843. The minimum Gasteiger partial charge on any atom is -0.443 e. The van der Waals surface area contributed by atoms with Gasteiger partial charge in [0.15, 0.2) is 0 Å². The largest absolute Gasteiger partial charge is 0.443 e. The van der Waals surface area contributed by atoms with E-state index < -0.39 is 51.1 Å². The number of anilines is 1. The Morgan fingerprint density at radius 2 is 1.70 bits per heavy atom. The maximum atomic E-state index is 14.9. The van der Waals surface area contributed by atoms with Crippen molar-refractivity contribution in [1.82, 2.24) is 9.71 Å². The SMILES string of the molecule is CC1CCN(c2nc(C(F)(F)F)ccc2CCC(=O)C(C)c2ccc(CCS(=O)(=O)NC(=O)OC(C)(C)C)c(F)c2)CC1. The number of carbonyl (C=O) groups is 2. The summed E-state index contributed by atoms with van der Waals surface area (Å²) in [6.07, 6.45) is -4.06. The second-order valence-corrected chi connectivity index (χ2v) is 13.9. The molecule has 1 aromatic heterocycles. The van der Waals surface area contributed by atoms with Crippen LogP contribution in [0.15, 0.2) is 30.3 Å². The van der Waals surface area contributed by atoms with Gasteiger partial charge < -0.3 is 9.64 Å². The number of hydrogen-bond acceptors (Lipinski definition) is 7. The number of ketones is 1. The van der Waals surface area contributed by atoms with Crippen molar-refractivity contribution < 1.29 is 40.3 Å². The molecule has 0 saturated carbocycles. The third-order valence-corrected chi connectivity index (χ3v) is 8.53. The van der Waals surface area contributed by atoms with Crippen LogP contribution in [0.1, 0.15) is 82.2 Å². The minimum absolute atomic E-state index is 0.0173. The highest BCUT2D eigenvalue weighted by Crippen LogP contribution is 2.33. The lowest BCUT2D eigenvalue weighted by Crippen LogP contribution is -2.37. The minimum atomic E-state index is -4.59. The molecule has 0 bridgehead atoms. The molecular weight excluding hydrogens is 590 g/mol. The van der Waals surface area contributed by atoms with Crippen LogP contribution in [0.25, 0.3) is 0 Å². The number of Topliss-reactive ketones (excluding diaryl/α,β-unsaturated/α-hetero) is 1. The van der Waals surface area contributed by atoms with Gasteiger partial charge in [-0.05, 0) is 81.2 Å². The van der Waals surface area contributed by atoms with Crippen molar-refractivity contribution in [3.8, 4) is 0 Å². The second-order valence-electron chi connectivity index (χ2n) is 12.1. The summed E-state index contributed by atoms with van der Waals surface area (Å²) in [5.74, 6) is -1.47. The highest BCUT2D eigenvalue weighted by atomic mass is 32.2. The van der Waals surface area contributed by atoms with E-state index >= 15 is 0 Å². The second kappa shape index (κ2) is 13.6. The van der Waals surface area contributed by atoms with Crippen molar-refractivity contribution in [2.45, 2.75) is 84.4 Å². The molecule has 2 aromatic rings. The Bertz CT molecular complexity index is 1420. The van der Waals surface area contributed by atoms with Gasteiger partial charge in [-0.3, -0.25) is 4.79 Å². The van der Waals surface area contributed by atoms with Gasteiger partial charge in [0.05, 0.1) is 5.75 Å². The Morgan fingerprint density at radius 1 is 1.07 bits per heavy atom. The Hall–Kier alpha value is -3.22. The molecule has 1 amide bonds. The first-order valence-corrected chi connectivity index (χ1v) is 15.9. The number of pyridine rings is 1. The van der Waals surface area contributed by atoms with Gasteiger partial charge in [0.2, 0.25) is 10.0 Å². The molecule has 1 aliphatic heterocycles. The average Bonchev–Trinajstić information content (AvgIpc) is 2.89. The number of carbonyl (C=O) groups excluding carboxylic acids is 2. The molecule has 0 aliphatic carbocycles. The Morgan fingerprint density at radius 3 is 2.28 bits per heavy atom. The number of piperidine rings is 1. The number of ether oxygens (including phenoxy) is 1. The van der Waals surface area contributed by atoms with Gasteiger partial charge in [0.25, 0.3) is 0 Å². The topological polar surface area (TPSA) is 106 Å². The first-order chi connectivity index (χ1) is 19.8. The van der Waals surface area contributed by atoms with Crippen molar-refractivity contribution in [3.05, 3.63) is 58.5 Å². The number of sulfonamides is 1. The molecule has 43 heavy (non-hydrogen) atoms. The van der Waals surface area contributed by atoms with E-state index in [1.807, 2.05) is 4.90 Å². The van der Waals surface area contributed by atoms with Crippen molar-refractivity contribution in [2.75, 3.05) is 23.7 Å².